The van der Waals surface area contributed by atoms with Crippen molar-refractivity contribution in [2.45, 2.75) is 76.9 Å². The molecule has 3 rings (SSSR count). The Hall–Kier alpha value is -1.03. The zero-order chi connectivity index (χ0) is 14.7. The standard InChI is InChI=1S/C17H30N4/c1-14-12-21(13-16-10-6-7-11-20(16)2)17(18-14)19-15-8-4-3-5-9-15/h12,15-16H,3-11,13H2,1-2H3,(H,18,19). The van der Waals surface area contributed by atoms with E-state index in [1.54, 1.807) is 0 Å². The lowest BCUT2D eigenvalue weighted by Gasteiger charge is -2.33. The quantitative estimate of drug-likeness (QED) is 0.922. The lowest BCUT2D eigenvalue weighted by molar-refractivity contribution is 0.168. The van der Waals surface area contributed by atoms with Crippen LogP contribution in [-0.2, 0) is 6.54 Å². The fraction of sp³-hybridized carbons (Fsp3) is 0.824. The molecule has 1 N–H and O–H groups in total. The summed E-state index contributed by atoms with van der Waals surface area (Å²) in [6, 6.07) is 1.29. The van der Waals surface area contributed by atoms with Crippen molar-refractivity contribution in [1.29, 1.82) is 0 Å². The van der Waals surface area contributed by atoms with Crippen LogP contribution in [0.15, 0.2) is 6.20 Å². The largest absolute Gasteiger partial charge is 0.353 e. The summed E-state index contributed by atoms with van der Waals surface area (Å²) in [6.07, 6.45) is 13.0. The minimum atomic E-state index is 0.628. The van der Waals surface area contributed by atoms with Crippen molar-refractivity contribution in [2.75, 3.05) is 18.9 Å². The van der Waals surface area contributed by atoms with Crippen LogP contribution < -0.4 is 5.32 Å². The molecule has 1 unspecified atom stereocenters. The molecule has 1 saturated carbocycles. The van der Waals surface area contributed by atoms with E-state index >= 15 is 0 Å². The molecular formula is C17H30N4. The summed E-state index contributed by atoms with van der Waals surface area (Å²) in [5.41, 5.74) is 1.13. The average Bonchev–Trinajstić information content (AvgIpc) is 2.82. The van der Waals surface area contributed by atoms with Gasteiger partial charge < -0.3 is 14.8 Å². The molecule has 4 nitrogen and oxygen atoms in total. The Morgan fingerprint density at radius 1 is 1.14 bits per heavy atom. The summed E-state index contributed by atoms with van der Waals surface area (Å²) in [5, 5.41) is 3.71. The van der Waals surface area contributed by atoms with Gasteiger partial charge in [0.05, 0.1) is 5.69 Å². The zero-order valence-corrected chi connectivity index (χ0v) is 13.6. The van der Waals surface area contributed by atoms with Crippen LogP contribution in [0.25, 0.3) is 0 Å². The number of nitrogens with one attached hydrogen (secondary N) is 1. The van der Waals surface area contributed by atoms with Crippen LogP contribution in [0.2, 0.25) is 0 Å². The molecular weight excluding hydrogens is 260 g/mol. The van der Waals surface area contributed by atoms with Gasteiger partial charge in [-0.3, -0.25) is 0 Å². The van der Waals surface area contributed by atoms with Gasteiger partial charge in [-0.2, -0.15) is 0 Å². The van der Waals surface area contributed by atoms with E-state index in [2.05, 4.69) is 35.0 Å². The first-order valence-electron chi connectivity index (χ1n) is 8.73. The maximum atomic E-state index is 4.73. The van der Waals surface area contributed by atoms with Crippen molar-refractivity contribution in [1.82, 2.24) is 14.5 Å². The van der Waals surface area contributed by atoms with Crippen LogP contribution >= 0.6 is 0 Å². The predicted octanol–water partition coefficient (Wildman–Crippen LogP) is 3.42. The Kier molecular flexibility index (Phi) is 4.84. The number of imidazole rings is 1. The molecule has 4 heteroatoms. The van der Waals surface area contributed by atoms with E-state index in [0.717, 1.165) is 18.2 Å². The number of aryl methyl sites for hydroxylation is 1. The number of aromatic nitrogens is 2. The molecule has 2 heterocycles. The molecule has 0 aromatic carbocycles. The molecule has 0 spiro atoms. The topological polar surface area (TPSA) is 33.1 Å². The van der Waals surface area contributed by atoms with Crippen molar-refractivity contribution in [2.24, 2.45) is 0 Å². The van der Waals surface area contributed by atoms with Gasteiger partial charge >= 0.3 is 0 Å². The van der Waals surface area contributed by atoms with E-state index in [4.69, 9.17) is 4.98 Å². The monoisotopic (exact) mass is 290 g/mol. The molecule has 118 valence electrons. The van der Waals surface area contributed by atoms with Crippen LogP contribution in [0.5, 0.6) is 0 Å². The van der Waals surface area contributed by atoms with Gasteiger partial charge in [-0.1, -0.05) is 25.7 Å². The second-order valence-corrected chi connectivity index (χ2v) is 6.97. The normalized spacial score (nSPS) is 25.1. The third-order valence-electron chi connectivity index (χ3n) is 5.16. The molecule has 1 aliphatic carbocycles. The second kappa shape index (κ2) is 6.82. The van der Waals surface area contributed by atoms with Gasteiger partial charge in [0.15, 0.2) is 0 Å². The van der Waals surface area contributed by atoms with Gasteiger partial charge in [-0.25, -0.2) is 4.98 Å². The Morgan fingerprint density at radius 2 is 1.90 bits per heavy atom. The van der Waals surface area contributed by atoms with E-state index in [0.29, 0.717) is 12.1 Å². The maximum Gasteiger partial charge on any atom is 0.203 e. The van der Waals surface area contributed by atoms with Crippen LogP contribution in [-0.4, -0.2) is 40.1 Å². The Bertz CT molecular complexity index is 448. The van der Waals surface area contributed by atoms with Gasteiger partial charge in [-0.05, 0) is 46.2 Å². The first kappa shape index (κ1) is 14.9. The summed E-state index contributed by atoms with van der Waals surface area (Å²) in [7, 11) is 2.27. The van der Waals surface area contributed by atoms with Crippen LogP contribution in [0.3, 0.4) is 0 Å². The molecule has 21 heavy (non-hydrogen) atoms. The van der Waals surface area contributed by atoms with Crippen molar-refractivity contribution < 1.29 is 0 Å². The summed E-state index contributed by atoms with van der Waals surface area (Å²) in [6.45, 7) is 4.42. The van der Waals surface area contributed by atoms with Crippen molar-refractivity contribution in [3.8, 4) is 0 Å². The first-order valence-corrected chi connectivity index (χ1v) is 8.73. The molecule has 1 atom stereocenters. The Balaban J connectivity index is 1.66. The molecule has 1 aromatic heterocycles. The van der Waals surface area contributed by atoms with Gasteiger partial charge in [0.2, 0.25) is 5.95 Å². The van der Waals surface area contributed by atoms with Crippen molar-refractivity contribution in [3.05, 3.63) is 11.9 Å². The smallest absolute Gasteiger partial charge is 0.203 e. The number of rotatable bonds is 4. The molecule has 1 aromatic rings. The highest BCUT2D eigenvalue weighted by atomic mass is 15.2. The minimum absolute atomic E-state index is 0.628. The van der Waals surface area contributed by atoms with E-state index in [-0.39, 0.29) is 0 Å². The average molecular weight is 290 g/mol. The number of piperidine rings is 1. The van der Waals surface area contributed by atoms with Crippen LogP contribution in [0, 0.1) is 6.92 Å². The third-order valence-corrected chi connectivity index (χ3v) is 5.16. The number of hydrogen-bond donors (Lipinski definition) is 1. The second-order valence-electron chi connectivity index (χ2n) is 6.97. The van der Waals surface area contributed by atoms with Crippen LogP contribution in [0.1, 0.15) is 57.1 Å². The summed E-state index contributed by atoms with van der Waals surface area (Å²) in [5.74, 6) is 1.10. The highest BCUT2D eigenvalue weighted by molar-refractivity contribution is 5.30. The van der Waals surface area contributed by atoms with Gasteiger partial charge in [0.25, 0.3) is 0 Å². The third kappa shape index (κ3) is 3.79. The summed E-state index contributed by atoms with van der Waals surface area (Å²) < 4.78 is 2.36. The van der Waals surface area contributed by atoms with E-state index in [9.17, 15) is 0 Å². The van der Waals surface area contributed by atoms with Crippen molar-refractivity contribution >= 4 is 5.95 Å². The SMILES string of the molecule is Cc1cn(CC2CCCCN2C)c(NC2CCCCC2)n1. The predicted molar refractivity (Wildman–Crippen MR) is 87.7 cm³/mol. The fourth-order valence-corrected chi connectivity index (χ4v) is 3.83. The van der Waals surface area contributed by atoms with Gasteiger partial charge in [0, 0.05) is 24.8 Å². The number of nitrogens with zero attached hydrogens (tertiary/aromatic N) is 3. The van der Waals surface area contributed by atoms with E-state index in [1.807, 2.05) is 0 Å². The number of anilines is 1. The Morgan fingerprint density at radius 3 is 2.67 bits per heavy atom. The molecule has 1 aliphatic heterocycles. The summed E-state index contributed by atoms with van der Waals surface area (Å²) in [4.78, 5) is 7.25. The fourth-order valence-electron chi connectivity index (χ4n) is 3.83. The molecule has 0 radical (unpaired) electrons. The van der Waals surface area contributed by atoms with Crippen molar-refractivity contribution in [3.63, 3.8) is 0 Å². The Labute approximate surface area is 128 Å². The van der Waals surface area contributed by atoms with Crippen LogP contribution in [0.4, 0.5) is 5.95 Å². The molecule has 0 amide bonds. The number of hydrogen-bond acceptors (Lipinski definition) is 3. The minimum Gasteiger partial charge on any atom is -0.353 e. The lowest BCUT2D eigenvalue weighted by Crippen LogP contribution is -2.39. The highest BCUT2D eigenvalue weighted by Gasteiger charge is 2.22. The molecule has 2 aliphatic rings. The number of likely N-dealkylation sites (N-methyl/N-ethyl adjacent to an activating group) is 1. The molecule has 0 bridgehead atoms. The summed E-state index contributed by atoms with van der Waals surface area (Å²) >= 11 is 0. The van der Waals surface area contributed by atoms with Gasteiger partial charge in [0.1, 0.15) is 0 Å². The molecule has 2 fully saturated rings. The lowest BCUT2D eigenvalue weighted by atomic mass is 9.96. The number of likely N-dealkylation sites (tertiary alicyclic amines) is 1. The highest BCUT2D eigenvalue weighted by Crippen LogP contribution is 2.23. The first-order chi connectivity index (χ1) is 10.2. The van der Waals surface area contributed by atoms with E-state index in [1.165, 1.54) is 57.9 Å². The van der Waals surface area contributed by atoms with E-state index < -0.39 is 0 Å². The maximum absolute atomic E-state index is 4.73. The molecule has 1 saturated heterocycles. The zero-order valence-electron chi connectivity index (χ0n) is 13.6. The van der Waals surface area contributed by atoms with Gasteiger partial charge in [-0.15, -0.1) is 0 Å².